The molecule has 0 amide bonds. The molecule has 0 unspecified atom stereocenters. The Morgan fingerprint density at radius 3 is 2.59 bits per heavy atom. The Bertz CT molecular complexity index is 1250. The lowest BCUT2D eigenvalue weighted by Gasteiger charge is -2.39. The van der Waals surface area contributed by atoms with Crippen molar-refractivity contribution in [3.63, 3.8) is 0 Å². The van der Waals surface area contributed by atoms with Gasteiger partial charge in [-0.1, -0.05) is 30.7 Å². The Labute approximate surface area is 187 Å². The number of nitrogens with zero attached hydrogens (tertiary/aromatic N) is 4. The van der Waals surface area contributed by atoms with Crippen molar-refractivity contribution in [2.75, 3.05) is 18.4 Å². The van der Waals surface area contributed by atoms with Crippen molar-refractivity contribution in [2.24, 2.45) is 0 Å². The van der Waals surface area contributed by atoms with E-state index < -0.39 is 0 Å². The lowest BCUT2D eigenvalue weighted by molar-refractivity contribution is 0.173. The molecule has 166 valence electrons. The van der Waals surface area contributed by atoms with Crippen molar-refractivity contribution < 1.29 is 9.47 Å². The third-order valence-corrected chi connectivity index (χ3v) is 6.21. The predicted molar refractivity (Wildman–Crippen MR) is 124 cm³/mol. The van der Waals surface area contributed by atoms with E-state index in [9.17, 15) is 4.79 Å². The number of fused-ring (bicyclic) bond motifs is 2. The average molecular weight is 433 g/mol. The number of aromatic nitrogens is 2. The van der Waals surface area contributed by atoms with E-state index in [0.717, 1.165) is 39.6 Å². The highest BCUT2D eigenvalue weighted by Crippen LogP contribution is 2.34. The Kier molecular flexibility index (Phi) is 5.13. The van der Waals surface area contributed by atoms with Crippen LogP contribution in [0, 0.1) is 20.8 Å². The summed E-state index contributed by atoms with van der Waals surface area (Å²) in [5.41, 5.74) is 6.18. The second-order valence-electron chi connectivity index (χ2n) is 8.58. The van der Waals surface area contributed by atoms with E-state index in [1.165, 1.54) is 5.56 Å². The zero-order valence-corrected chi connectivity index (χ0v) is 19.0. The summed E-state index contributed by atoms with van der Waals surface area (Å²) in [6.07, 6.45) is 0.670. The quantitative estimate of drug-likeness (QED) is 0.621. The first-order valence-electron chi connectivity index (χ1n) is 11.0. The first-order chi connectivity index (χ1) is 15.4. The van der Waals surface area contributed by atoms with Gasteiger partial charge in [0.15, 0.2) is 11.5 Å². The van der Waals surface area contributed by atoms with Gasteiger partial charge in [-0.2, -0.15) is 0 Å². The van der Waals surface area contributed by atoms with Crippen LogP contribution in [-0.4, -0.2) is 27.9 Å². The maximum Gasteiger partial charge on any atom is 0.259 e. The van der Waals surface area contributed by atoms with Crippen LogP contribution in [0.25, 0.3) is 0 Å². The number of hydrogen-bond donors (Lipinski definition) is 0. The average Bonchev–Trinajstić information content (AvgIpc) is 3.22. The SMILES string of the molecule is CCc1c(C)nc2n(c1=O)CN(Cc1ccc3c(c1)OCO3)CN2c1ccc(C)cc1C. The summed E-state index contributed by atoms with van der Waals surface area (Å²) in [6.45, 7) is 10.2. The maximum absolute atomic E-state index is 13.4. The fraction of sp³-hybridized carbons (Fsp3) is 0.360. The highest BCUT2D eigenvalue weighted by atomic mass is 16.7. The van der Waals surface area contributed by atoms with Crippen molar-refractivity contribution in [3.05, 3.63) is 74.7 Å². The second-order valence-corrected chi connectivity index (χ2v) is 8.58. The molecule has 2 aromatic carbocycles. The molecule has 2 aliphatic rings. The van der Waals surface area contributed by atoms with Gasteiger partial charge >= 0.3 is 0 Å². The molecule has 0 radical (unpaired) electrons. The Morgan fingerprint density at radius 1 is 1.00 bits per heavy atom. The number of benzene rings is 2. The van der Waals surface area contributed by atoms with Gasteiger partial charge in [-0.3, -0.25) is 19.2 Å². The minimum Gasteiger partial charge on any atom is -0.454 e. The minimum absolute atomic E-state index is 0.0418. The molecule has 0 saturated carbocycles. The predicted octanol–water partition coefficient (Wildman–Crippen LogP) is 4.03. The van der Waals surface area contributed by atoms with Crippen LogP contribution in [0.15, 0.2) is 41.2 Å². The lowest BCUT2D eigenvalue weighted by Crippen LogP contribution is -2.47. The summed E-state index contributed by atoms with van der Waals surface area (Å²) in [5, 5.41) is 0. The summed E-state index contributed by atoms with van der Waals surface area (Å²) >= 11 is 0. The van der Waals surface area contributed by atoms with Gasteiger partial charge in [-0.25, -0.2) is 4.98 Å². The Balaban J connectivity index is 1.56. The molecule has 2 aliphatic heterocycles. The molecule has 0 aliphatic carbocycles. The summed E-state index contributed by atoms with van der Waals surface area (Å²) in [6, 6.07) is 12.4. The topological polar surface area (TPSA) is 59.8 Å². The molecule has 0 N–H and O–H groups in total. The first-order valence-corrected chi connectivity index (χ1v) is 11.0. The monoisotopic (exact) mass is 432 g/mol. The molecule has 0 atom stereocenters. The number of ether oxygens (including phenoxy) is 2. The van der Waals surface area contributed by atoms with Crippen LogP contribution in [0.3, 0.4) is 0 Å². The third-order valence-electron chi connectivity index (χ3n) is 6.21. The zero-order valence-electron chi connectivity index (χ0n) is 19.0. The van der Waals surface area contributed by atoms with E-state index in [4.69, 9.17) is 14.5 Å². The largest absolute Gasteiger partial charge is 0.454 e. The molecule has 0 bridgehead atoms. The molecule has 0 saturated heterocycles. The van der Waals surface area contributed by atoms with Crippen LogP contribution in [0.2, 0.25) is 0 Å². The maximum atomic E-state index is 13.4. The van der Waals surface area contributed by atoms with Gasteiger partial charge in [-0.05, 0) is 56.5 Å². The number of anilines is 2. The second kappa shape index (κ2) is 7.98. The van der Waals surface area contributed by atoms with Crippen LogP contribution in [0.5, 0.6) is 11.5 Å². The zero-order chi connectivity index (χ0) is 22.4. The molecule has 32 heavy (non-hydrogen) atoms. The fourth-order valence-electron chi connectivity index (χ4n) is 4.62. The molecule has 3 heterocycles. The Hall–Kier alpha value is -3.32. The summed E-state index contributed by atoms with van der Waals surface area (Å²) in [5.74, 6) is 2.26. The minimum atomic E-state index is 0.0418. The van der Waals surface area contributed by atoms with Gasteiger partial charge in [-0.15, -0.1) is 0 Å². The third kappa shape index (κ3) is 3.52. The summed E-state index contributed by atoms with van der Waals surface area (Å²) in [7, 11) is 0. The van der Waals surface area contributed by atoms with Gasteiger partial charge in [0.1, 0.15) is 0 Å². The molecule has 3 aromatic rings. The van der Waals surface area contributed by atoms with E-state index in [-0.39, 0.29) is 12.4 Å². The van der Waals surface area contributed by atoms with Crippen molar-refractivity contribution in [1.29, 1.82) is 0 Å². The Morgan fingerprint density at radius 2 is 1.81 bits per heavy atom. The van der Waals surface area contributed by atoms with E-state index in [1.54, 1.807) is 0 Å². The van der Waals surface area contributed by atoms with E-state index >= 15 is 0 Å². The van der Waals surface area contributed by atoms with Crippen LogP contribution in [-0.2, 0) is 19.6 Å². The molecular weight excluding hydrogens is 404 g/mol. The van der Waals surface area contributed by atoms with Gasteiger partial charge in [0, 0.05) is 23.5 Å². The fourth-order valence-corrected chi connectivity index (χ4v) is 4.62. The molecule has 7 nitrogen and oxygen atoms in total. The lowest BCUT2D eigenvalue weighted by atomic mass is 10.1. The normalized spacial score (nSPS) is 15.2. The van der Waals surface area contributed by atoms with Crippen molar-refractivity contribution >= 4 is 11.6 Å². The molecule has 1 aromatic heterocycles. The molecule has 7 heteroatoms. The van der Waals surface area contributed by atoms with E-state index in [2.05, 4.69) is 47.9 Å². The van der Waals surface area contributed by atoms with Crippen molar-refractivity contribution in [2.45, 2.75) is 47.3 Å². The smallest absolute Gasteiger partial charge is 0.259 e. The molecule has 0 fully saturated rings. The highest BCUT2D eigenvalue weighted by molar-refractivity contribution is 5.63. The number of aryl methyl sites for hydroxylation is 3. The van der Waals surface area contributed by atoms with Crippen molar-refractivity contribution in [1.82, 2.24) is 14.5 Å². The van der Waals surface area contributed by atoms with E-state index in [1.807, 2.05) is 30.5 Å². The summed E-state index contributed by atoms with van der Waals surface area (Å²) in [4.78, 5) is 22.7. The van der Waals surface area contributed by atoms with Gasteiger partial charge < -0.3 is 9.47 Å². The molecule has 0 spiro atoms. The molecular formula is C25H28N4O3. The van der Waals surface area contributed by atoms with Crippen LogP contribution < -0.4 is 19.9 Å². The van der Waals surface area contributed by atoms with Gasteiger partial charge in [0.05, 0.1) is 13.3 Å². The van der Waals surface area contributed by atoms with Crippen LogP contribution in [0.4, 0.5) is 11.6 Å². The van der Waals surface area contributed by atoms with Gasteiger partial charge in [0.2, 0.25) is 12.7 Å². The number of rotatable bonds is 4. The van der Waals surface area contributed by atoms with Crippen LogP contribution in [0.1, 0.15) is 34.9 Å². The van der Waals surface area contributed by atoms with Crippen LogP contribution >= 0.6 is 0 Å². The first kappa shape index (κ1) is 20.6. The van der Waals surface area contributed by atoms with Gasteiger partial charge in [0.25, 0.3) is 5.56 Å². The standard InChI is InChI=1S/C25H28N4O3/c1-5-20-18(4)26-25-28(21-8-6-16(2)10-17(21)3)13-27(14-29(25)24(20)30)12-19-7-9-22-23(11-19)32-15-31-22/h6-11H,5,12-15H2,1-4H3. The number of hydrogen-bond acceptors (Lipinski definition) is 6. The summed E-state index contributed by atoms with van der Waals surface area (Å²) < 4.78 is 12.8. The molecule has 5 rings (SSSR count). The highest BCUT2D eigenvalue weighted by Gasteiger charge is 2.28. The van der Waals surface area contributed by atoms with Crippen molar-refractivity contribution in [3.8, 4) is 11.5 Å². The van der Waals surface area contributed by atoms with E-state index in [0.29, 0.717) is 32.3 Å².